The molecule has 0 radical (unpaired) electrons. The van der Waals surface area contributed by atoms with Gasteiger partial charge in [0.1, 0.15) is 6.10 Å². The van der Waals surface area contributed by atoms with E-state index in [9.17, 15) is 4.79 Å². The monoisotopic (exact) mass is 229 g/mol. The molecule has 16 heavy (non-hydrogen) atoms. The average Bonchev–Trinajstić information content (AvgIpc) is 2.35. The van der Waals surface area contributed by atoms with Gasteiger partial charge in [0.15, 0.2) is 0 Å². The molecule has 0 spiro atoms. The van der Waals surface area contributed by atoms with Gasteiger partial charge in [-0.05, 0) is 6.92 Å². The summed E-state index contributed by atoms with van der Waals surface area (Å²) in [5.74, 6) is 0.0534. The van der Waals surface area contributed by atoms with E-state index >= 15 is 0 Å². The van der Waals surface area contributed by atoms with Gasteiger partial charge < -0.3 is 15.0 Å². The Hall–Kier alpha value is -0.650. The largest absolute Gasteiger partial charge is 0.372 e. The van der Waals surface area contributed by atoms with Gasteiger partial charge >= 0.3 is 0 Å². The van der Waals surface area contributed by atoms with E-state index in [0.717, 1.165) is 39.3 Å². The maximum Gasteiger partial charge on any atom is 0.251 e. The second-order valence-electron chi connectivity index (χ2n) is 4.23. The Labute approximate surface area is 97.7 Å². The highest BCUT2D eigenvalue weighted by molar-refractivity contribution is 5.80. The van der Waals surface area contributed by atoms with Crippen LogP contribution >= 0.6 is 0 Å². The first-order chi connectivity index (χ1) is 7.65. The van der Waals surface area contributed by atoms with Crippen LogP contribution in [0.25, 0.3) is 0 Å². The highest BCUT2D eigenvalue weighted by Gasteiger charge is 2.17. The number of hydrogen-bond donors (Lipinski definition) is 1. The minimum Gasteiger partial charge on any atom is -0.372 e. The van der Waals surface area contributed by atoms with Crippen LogP contribution in [0.15, 0.2) is 0 Å². The minimum absolute atomic E-state index is 0.0534. The van der Waals surface area contributed by atoms with Crippen molar-refractivity contribution in [2.24, 2.45) is 0 Å². The maximum absolute atomic E-state index is 11.7. The summed E-state index contributed by atoms with van der Waals surface area (Å²) in [6.45, 7) is 7.73. The van der Waals surface area contributed by atoms with Gasteiger partial charge in [-0.2, -0.15) is 0 Å². The summed E-state index contributed by atoms with van der Waals surface area (Å²) in [5.41, 5.74) is 0. The third-order valence-corrected chi connectivity index (χ3v) is 3.04. The summed E-state index contributed by atoms with van der Waals surface area (Å²) in [7, 11) is 3.40. The van der Waals surface area contributed by atoms with Crippen LogP contribution in [0.5, 0.6) is 0 Å². The number of nitrogens with zero attached hydrogens (tertiary/aromatic N) is 2. The van der Waals surface area contributed by atoms with Gasteiger partial charge in [0.05, 0.1) is 0 Å². The SMILES string of the molecule is COC(C)C(=O)N(C)CCN1CCNCC1. The number of carbonyl (C=O) groups excluding carboxylic acids is 1. The lowest BCUT2D eigenvalue weighted by atomic mass is 10.3. The number of amides is 1. The molecule has 1 heterocycles. The molecule has 1 amide bonds. The molecule has 0 aromatic carbocycles. The molecule has 5 nitrogen and oxygen atoms in total. The summed E-state index contributed by atoms with van der Waals surface area (Å²) < 4.78 is 5.01. The second kappa shape index (κ2) is 6.83. The first-order valence-electron chi connectivity index (χ1n) is 5.86. The maximum atomic E-state index is 11.7. The van der Waals surface area contributed by atoms with Gasteiger partial charge in [0.2, 0.25) is 0 Å². The molecule has 0 aliphatic carbocycles. The lowest BCUT2D eigenvalue weighted by Crippen LogP contribution is -2.47. The molecule has 1 atom stereocenters. The predicted octanol–water partition coefficient (Wildman–Crippen LogP) is -0.615. The zero-order valence-corrected chi connectivity index (χ0v) is 10.5. The topological polar surface area (TPSA) is 44.8 Å². The summed E-state index contributed by atoms with van der Waals surface area (Å²) in [4.78, 5) is 15.8. The van der Waals surface area contributed by atoms with Crippen LogP contribution in [0, 0.1) is 0 Å². The normalized spacial score (nSPS) is 19.4. The molecule has 0 aromatic heterocycles. The number of piperazine rings is 1. The molecule has 1 saturated heterocycles. The summed E-state index contributed by atoms with van der Waals surface area (Å²) in [5, 5.41) is 3.31. The van der Waals surface area contributed by atoms with E-state index in [1.807, 2.05) is 7.05 Å². The van der Waals surface area contributed by atoms with E-state index in [1.54, 1.807) is 18.9 Å². The molecular weight excluding hydrogens is 206 g/mol. The number of nitrogens with one attached hydrogen (secondary N) is 1. The third kappa shape index (κ3) is 4.08. The number of methoxy groups -OCH3 is 1. The van der Waals surface area contributed by atoms with Crippen molar-refractivity contribution in [2.75, 3.05) is 53.4 Å². The highest BCUT2D eigenvalue weighted by atomic mass is 16.5. The number of likely N-dealkylation sites (N-methyl/N-ethyl adjacent to an activating group) is 1. The summed E-state index contributed by atoms with van der Waals surface area (Å²) in [6, 6.07) is 0. The summed E-state index contributed by atoms with van der Waals surface area (Å²) in [6.07, 6.45) is -0.340. The van der Waals surface area contributed by atoms with Gasteiger partial charge in [0, 0.05) is 53.4 Å². The van der Waals surface area contributed by atoms with E-state index in [4.69, 9.17) is 4.74 Å². The Morgan fingerprint density at radius 3 is 2.69 bits per heavy atom. The first kappa shape index (κ1) is 13.4. The van der Waals surface area contributed by atoms with Gasteiger partial charge in [-0.1, -0.05) is 0 Å². The van der Waals surface area contributed by atoms with E-state index in [1.165, 1.54) is 0 Å². The molecule has 1 aliphatic rings. The van der Waals surface area contributed by atoms with Crippen molar-refractivity contribution in [1.29, 1.82) is 0 Å². The summed E-state index contributed by atoms with van der Waals surface area (Å²) >= 11 is 0. The van der Waals surface area contributed by atoms with Crippen molar-refractivity contribution in [3.63, 3.8) is 0 Å². The van der Waals surface area contributed by atoms with Gasteiger partial charge in [0.25, 0.3) is 5.91 Å². The number of rotatable bonds is 5. The molecule has 1 unspecified atom stereocenters. The van der Waals surface area contributed by atoms with Gasteiger partial charge in [-0.25, -0.2) is 0 Å². The molecule has 0 saturated carbocycles. The van der Waals surface area contributed by atoms with Crippen LogP contribution < -0.4 is 5.32 Å². The number of carbonyl (C=O) groups is 1. The molecule has 1 aliphatic heterocycles. The van der Waals surface area contributed by atoms with Gasteiger partial charge in [-0.15, -0.1) is 0 Å². The van der Waals surface area contributed by atoms with Crippen LogP contribution in [0.1, 0.15) is 6.92 Å². The first-order valence-corrected chi connectivity index (χ1v) is 5.86. The fourth-order valence-corrected chi connectivity index (χ4v) is 1.75. The zero-order valence-electron chi connectivity index (χ0n) is 10.5. The van der Waals surface area contributed by atoms with Crippen molar-refractivity contribution < 1.29 is 9.53 Å². The van der Waals surface area contributed by atoms with E-state index in [-0.39, 0.29) is 12.0 Å². The Kier molecular flexibility index (Phi) is 5.73. The van der Waals surface area contributed by atoms with Crippen LogP contribution in [-0.4, -0.2) is 75.2 Å². The lowest BCUT2D eigenvalue weighted by molar-refractivity contribution is -0.139. The quantitative estimate of drug-likeness (QED) is 0.683. The van der Waals surface area contributed by atoms with Crippen LogP contribution in [0.3, 0.4) is 0 Å². The predicted molar refractivity (Wildman–Crippen MR) is 63.4 cm³/mol. The average molecular weight is 229 g/mol. The molecule has 1 N–H and O–H groups in total. The lowest BCUT2D eigenvalue weighted by Gasteiger charge is -2.29. The molecule has 94 valence electrons. The zero-order chi connectivity index (χ0) is 12.0. The molecule has 5 heteroatoms. The van der Waals surface area contributed by atoms with E-state index < -0.39 is 0 Å². The van der Waals surface area contributed by atoms with Crippen LogP contribution in [0.4, 0.5) is 0 Å². The molecule has 1 fully saturated rings. The second-order valence-corrected chi connectivity index (χ2v) is 4.23. The van der Waals surface area contributed by atoms with Crippen LogP contribution in [-0.2, 0) is 9.53 Å². The van der Waals surface area contributed by atoms with Crippen LogP contribution in [0.2, 0.25) is 0 Å². The smallest absolute Gasteiger partial charge is 0.251 e. The Morgan fingerprint density at radius 2 is 2.12 bits per heavy atom. The fraction of sp³-hybridized carbons (Fsp3) is 0.909. The number of hydrogen-bond acceptors (Lipinski definition) is 4. The molecule has 0 aromatic rings. The van der Waals surface area contributed by atoms with Crippen molar-refractivity contribution in [1.82, 2.24) is 15.1 Å². The van der Waals surface area contributed by atoms with E-state index in [0.29, 0.717) is 0 Å². The van der Waals surface area contributed by atoms with Crippen molar-refractivity contribution in [3.05, 3.63) is 0 Å². The van der Waals surface area contributed by atoms with Gasteiger partial charge in [-0.3, -0.25) is 9.69 Å². The van der Waals surface area contributed by atoms with Crippen molar-refractivity contribution >= 4 is 5.91 Å². The Bertz CT molecular complexity index is 217. The molecule has 0 bridgehead atoms. The molecular formula is C11H23N3O2. The van der Waals surface area contributed by atoms with Crippen molar-refractivity contribution in [3.8, 4) is 0 Å². The minimum atomic E-state index is -0.340. The standard InChI is InChI=1S/C11H23N3O2/c1-10(16-3)11(15)13(2)8-9-14-6-4-12-5-7-14/h10,12H,4-9H2,1-3H3. The van der Waals surface area contributed by atoms with Crippen molar-refractivity contribution in [2.45, 2.75) is 13.0 Å². The fourth-order valence-electron chi connectivity index (χ4n) is 1.75. The number of ether oxygens (including phenoxy) is 1. The highest BCUT2D eigenvalue weighted by Crippen LogP contribution is 1.97. The third-order valence-electron chi connectivity index (χ3n) is 3.04. The molecule has 1 rings (SSSR count). The van der Waals surface area contributed by atoms with E-state index in [2.05, 4.69) is 10.2 Å². The Morgan fingerprint density at radius 1 is 1.50 bits per heavy atom. The Balaban J connectivity index is 2.22.